The minimum Gasteiger partial charge on any atom is -0.529 e. The molecule has 0 saturated heterocycles. The van der Waals surface area contributed by atoms with Crippen molar-refractivity contribution in [2.24, 2.45) is 0 Å². The fourth-order valence-electron chi connectivity index (χ4n) is 2.63. The van der Waals surface area contributed by atoms with Gasteiger partial charge in [-0.3, -0.25) is 4.79 Å². The van der Waals surface area contributed by atoms with Gasteiger partial charge in [0.15, 0.2) is 0 Å². The van der Waals surface area contributed by atoms with Crippen molar-refractivity contribution in [2.45, 2.75) is 31.3 Å². The number of sulfonamides is 1. The normalized spacial score (nSPS) is 11.5. The van der Waals surface area contributed by atoms with E-state index in [0.717, 1.165) is 15.4 Å². The van der Waals surface area contributed by atoms with Gasteiger partial charge in [0.05, 0.1) is 4.90 Å². The first-order chi connectivity index (χ1) is 13.6. The van der Waals surface area contributed by atoms with Gasteiger partial charge >= 0.3 is 5.97 Å². The number of carbonyl (C=O) groups is 1. The SMILES string of the molecule is CC(C)(C)OC(=O)CN(CCN[C-]=O)S(=O)(=O)c1ccc(-c2ccccc2)cc1.[Fm]. The molecule has 0 aliphatic heterocycles. The Morgan fingerprint density at radius 1 is 1.03 bits per heavy atom. The summed E-state index contributed by atoms with van der Waals surface area (Å²) in [6.45, 7) is 4.59. The predicted molar refractivity (Wildman–Crippen MR) is 110 cm³/mol. The summed E-state index contributed by atoms with van der Waals surface area (Å²) in [6, 6.07) is 16.0. The maximum Gasteiger partial charge on any atom is 0.321 e. The third-order valence-electron chi connectivity index (χ3n) is 3.88. The van der Waals surface area contributed by atoms with E-state index in [2.05, 4.69) is 5.32 Å². The fraction of sp³-hybridized carbons (Fsp3) is 0.333. The second-order valence-corrected chi connectivity index (χ2v) is 9.28. The van der Waals surface area contributed by atoms with Gasteiger partial charge in [0.2, 0.25) is 10.0 Å². The standard InChI is InChI=1S/C21H25N2O5S.Fm/c1-21(2,3)28-20(25)15-23(14-13-22-16-24)29(26,27)19-11-9-18(10-12-19)17-7-5-4-6-8-17;/h4-12H,13-15H2,1-3H3,(H,22,24);/q-1;. The van der Waals surface area contributed by atoms with Crippen LogP contribution in [0.2, 0.25) is 0 Å². The molecule has 2 rings (SSSR count). The van der Waals surface area contributed by atoms with E-state index in [4.69, 9.17) is 4.74 Å². The molecule has 0 saturated carbocycles. The van der Waals surface area contributed by atoms with Gasteiger partial charge in [-0.25, -0.2) is 8.42 Å². The van der Waals surface area contributed by atoms with E-state index >= 15 is 0 Å². The van der Waals surface area contributed by atoms with E-state index in [1.165, 1.54) is 18.5 Å². The molecule has 0 aromatic heterocycles. The van der Waals surface area contributed by atoms with Gasteiger partial charge in [0.25, 0.3) is 0 Å². The summed E-state index contributed by atoms with van der Waals surface area (Å²) in [6.07, 6.45) is 1.49. The van der Waals surface area contributed by atoms with E-state index < -0.39 is 28.1 Å². The molecule has 0 heterocycles. The summed E-state index contributed by atoms with van der Waals surface area (Å²) in [7, 11) is -3.97. The molecule has 0 atom stereocenters. The summed E-state index contributed by atoms with van der Waals surface area (Å²) >= 11 is 0. The van der Waals surface area contributed by atoms with E-state index in [-0.39, 0.29) is 18.0 Å². The average molecular weight is 675 g/mol. The van der Waals surface area contributed by atoms with Gasteiger partial charge in [-0.15, -0.1) is 0 Å². The topological polar surface area (TPSA) is 92.8 Å². The van der Waals surface area contributed by atoms with Crippen molar-refractivity contribution < 1.29 is 22.7 Å². The summed E-state index contributed by atoms with van der Waals surface area (Å²) in [5.41, 5.74) is 1.10. The van der Waals surface area contributed by atoms with E-state index in [1.54, 1.807) is 32.9 Å². The first kappa shape index (κ1) is 24.3. The largest absolute Gasteiger partial charge is 0.529 e. The number of hydrogen-bond donors (Lipinski definition) is 1. The van der Waals surface area contributed by atoms with Crippen LogP contribution in [-0.2, 0) is 24.3 Å². The van der Waals surface area contributed by atoms with Crippen molar-refractivity contribution in [1.82, 2.24) is 9.62 Å². The van der Waals surface area contributed by atoms with E-state index in [9.17, 15) is 18.0 Å². The molecule has 7 nitrogen and oxygen atoms in total. The van der Waals surface area contributed by atoms with E-state index in [1.807, 2.05) is 30.3 Å². The molecule has 0 spiro atoms. The Kier molecular flexibility index (Phi) is 8.25. The zero-order chi connectivity index (χ0) is 21.5. The molecule has 0 unspecified atom stereocenters. The molecule has 0 radical (unpaired) electrons. The number of carbonyl (C=O) groups excluding carboxylic acids is 2. The second-order valence-electron chi connectivity index (χ2n) is 7.34. The Morgan fingerprint density at radius 2 is 1.60 bits per heavy atom. The molecule has 1 N–H and O–H groups in total. The molecule has 0 fully saturated rings. The van der Waals surface area contributed by atoms with Gasteiger partial charge in [-0.1, -0.05) is 42.5 Å². The van der Waals surface area contributed by atoms with Crippen LogP contribution >= 0.6 is 0 Å². The summed E-state index contributed by atoms with van der Waals surface area (Å²) in [5, 5.41) is 2.29. The smallest absolute Gasteiger partial charge is 0.321 e. The van der Waals surface area contributed by atoms with Crippen LogP contribution in [0, 0.1) is 0 Å². The Balaban J connectivity index is 0.00000450. The number of benzene rings is 2. The summed E-state index contributed by atoms with van der Waals surface area (Å²) in [4.78, 5) is 22.6. The quantitative estimate of drug-likeness (QED) is 0.191. The predicted octanol–water partition coefficient (Wildman–Crippen LogP) is 2.34. The minimum atomic E-state index is -3.97. The molecule has 2 aromatic carbocycles. The molecule has 168 valence electrons. The number of rotatable bonds is 9. The fourth-order valence-corrected chi connectivity index (χ4v) is 4.02. The third-order valence-corrected chi connectivity index (χ3v) is 5.74. The van der Waals surface area contributed by atoms with Crippen molar-refractivity contribution in [3.8, 4) is 11.1 Å². The molecule has 0 aliphatic rings. The maximum atomic E-state index is 13.1. The third kappa shape index (κ3) is 6.72. The van der Waals surface area contributed by atoms with Crippen LogP contribution in [0.4, 0.5) is 0 Å². The first-order valence-electron chi connectivity index (χ1n) is 9.11. The number of nitrogens with zero attached hydrogens (tertiary/aromatic N) is 1. The van der Waals surface area contributed by atoms with Crippen LogP contribution in [0.1, 0.15) is 20.8 Å². The van der Waals surface area contributed by atoms with Crippen molar-refractivity contribution >= 4 is 22.4 Å². The zero-order valence-electron chi connectivity index (χ0n) is 17.0. The van der Waals surface area contributed by atoms with Gasteiger partial charge in [0, 0.05) is 6.54 Å². The average Bonchev–Trinajstić information content (AvgIpc) is 2.66. The van der Waals surface area contributed by atoms with Gasteiger partial charge in [0.1, 0.15) is 12.1 Å². The maximum absolute atomic E-state index is 13.1. The summed E-state index contributed by atoms with van der Waals surface area (Å²) < 4.78 is 32.4. The van der Waals surface area contributed by atoms with Crippen LogP contribution < -0.4 is 5.32 Å². The second kappa shape index (κ2) is 10.2. The molecule has 30 heavy (non-hydrogen) atoms. The molecule has 9 heteroatoms. The Bertz CT molecular complexity index is 926. The van der Waals surface area contributed by atoms with Crippen LogP contribution in [0.5, 0.6) is 0 Å². The monoisotopic (exact) mass is 674 g/mol. The van der Waals surface area contributed by atoms with Crippen LogP contribution in [-0.4, -0.2) is 50.3 Å². The number of esters is 1. The minimum absolute atomic E-state index is 0. The van der Waals surface area contributed by atoms with Crippen molar-refractivity contribution in [3.63, 3.8) is 0 Å². The van der Waals surface area contributed by atoms with Crippen molar-refractivity contribution in [2.75, 3.05) is 19.6 Å². The zero-order valence-corrected chi connectivity index (χ0v) is 20.2. The van der Waals surface area contributed by atoms with Crippen molar-refractivity contribution in [1.29, 1.82) is 0 Å². The summed E-state index contributed by atoms with van der Waals surface area (Å²) in [5.74, 6) is -0.669. The Morgan fingerprint density at radius 3 is 2.13 bits per heavy atom. The molecule has 0 aliphatic carbocycles. The van der Waals surface area contributed by atoms with Crippen LogP contribution in [0.25, 0.3) is 11.1 Å². The molecule has 2 aromatic rings. The van der Waals surface area contributed by atoms with E-state index in [0.29, 0.717) is 0 Å². The number of nitrogens with one attached hydrogen (secondary N) is 1. The Hall–Kier alpha value is -3.71. The molecule has 1 amide bonds. The van der Waals surface area contributed by atoms with Gasteiger partial charge < -0.3 is 14.8 Å². The Labute approximate surface area is 171 Å². The van der Waals surface area contributed by atoms with Crippen LogP contribution in [0.3, 0.4) is 0 Å². The first-order valence-corrected chi connectivity index (χ1v) is 10.5. The molecular weight excluding hydrogens is 649 g/mol. The van der Waals surface area contributed by atoms with Gasteiger partial charge in [-0.2, -0.15) is 10.7 Å². The molecular formula is C21H25FmN2O5S-. The number of amides is 1. The van der Waals surface area contributed by atoms with Crippen molar-refractivity contribution in [3.05, 3.63) is 54.6 Å². The van der Waals surface area contributed by atoms with Gasteiger partial charge in [-0.05, 0) is 50.6 Å². The van der Waals surface area contributed by atoms with Crippen LogP contribution in [0.15, 0.2) is 59.5 Å². The molecule has 0 bridgehead atoms. The number of ether oxygens (including phenoxy) is 1. The number of hydrogen-bond acceptors (Lipinski definition) is 5.